The highest BCUT2D eigenvalue weighted by atomic mass is 32.1. The number of nitrogens with one attached hydrogen (secondary N) is 1. The molecule has 1 saturated heterocycles. The van der Waals surface area contributed by atoms with Gasteiger partial charge in [0.25, 0.3) is 5.91 Å². The topological polar surface area (TPSA) is 91.4 Å². The van der Waals surface area contributed by atoms with Gasteiger partial charge in [0.05, 0.1) is 31.2 Å². The van der Waals surface area contributed by atoms with Gasteiger partial charge in [0.1, 0.15) is 10.8 Å². The smallest absolute Gasteiger partial charge is 0.341 e. The van der Waals surface area contributed by atoms with Crippen LogP contribution in [-0.2, 0) is 16.1 Å². The van der Waals surface area contributed by atoms with Gasteiger partial charge in [-0.1, -0.05) is 12.1 Å². The van der Waals surface area contributed by atoms with Gasteiger partial charge in [-0.25, -0.2) is 4.79 Å². The number of methoxy groups -OCH3 is 2. The highest BCUT2D eigenvalue weighted by Gasteiger charge is 2.27. The summed E-state index contributed by atoms with van der Waals surface area (Å²) in [5.41, 5.74) is 1.93. The summed E-state index contributed by atoms with van der Waals surface area (Å²) in [7, 11) is 6.23. The molecule has 1 aliphatic rings. The van der Waals surface area contributed by atoms with E-state index in [0.717, 1.165) is 49.8 Å². The van der Waals surface area contributed by atoms with Crippen LogP contribution < -0.4 is 10.1 Å². The monoisotopic (exact) mass is 488 g/mol. The number of benzene rings is 1. The van der Waals surface area contributed by atoms with Crippen LogP contribution in [0.1, 0.15) is 31.2 Å². The van der Waals surface area contributed by atoms with Crippen LogP contribution in [0.15, 0.2) is 24.3 Å². The number of rotatable bonds is 8. The molecule has 9 nitrogen and oxygen atoms in total. The van der Waals surface area contributed by atoms with Gasteiger partial charge in [-0.15, -0.1) is 11.3 Å². The lowest BCUT2D eigenvalue weighted by atomic mass is 10.1. The van der Waals surface area contributed by atoms with E-state index in [1.807, 2.05) is 18.2 Å². The van der Waals surface area contributed by atoms with E-state index in [2.05, 4.69) is 21.2 Å². The molecule has 0 unspecified atom stereocenters. The number of esters is 1. The summed E-state index contributed by atoms with van der Waals surface area (Å²) in [5, 5.41) is 3.17. The first-order valence-electron chi connectivity index (χ1n) is 11.0. The number of nitrogens with zero attached hydrogens (tertiary/aromatic N) is 3. The maximum absolute atomic E-state index is 12.8. The molecule has 0 atom stereocenters. The molecule has 1 aromatic carbocycles. The van der Waals surface area contributed by atoms with Crippen molar-refractivity contribution >= 4 is 34.1 Å². The van der Waals surface area contributed by atoms with Gasteiger partial charge in [0, 0.05) is 46.8 Å². The Morgan fingerprint density at radius 1 is 1.09 bits per heavy atom. The number of hydrogen-bond donors (Lipinski definition) is 1. The van der Waals surface area contributed by atoms with E-state index in [-0.39, 0.29) is 23.9 Å². The van der Waals surface area contributed by atoms with Crippen molar-refractivity contribution in [3.63, 3.8) is 0 Å². The van der Waals surface area contributed by atoms with Crippen LogP contribution in [0, 0.1) is 6.92 Å². The minimum absolute atomic E-state index is 0.210. The Morgan fingerprint density at radius 3 is 2.38 bits per heavy atom. The lowest BCUT2D eigenvalue weighted by Crippen LogP contribution is -2.48. The second-order valence-corrected chi connectivity index (χ2v) is 9.42. The molecule has 3 rings (SSSR count). The van der Waals surface area contributed by atoms with Crippen LogP contribution in [0.3, 0.4) is 0 Å². The fourth-order valence-electron chi connectivity index (χ4n) is 3.86. The fourth-order valence-corrected chi connectivity index (χ4v) is 5.09. The molecule has 1 fully saturated rings. The molecule has 0 radical (unpaired) electrons. The summed E-state index contributed by atoms with van der Waals surface area (Å²) in [6.07, 6.45) is 0. The van der Waals surface area contributed by atoms with Gasteiger partial charge < -0.3 is 19.7 Å². The van der Waals surface area contributed by atoms with E-state index in [0.29, 0.717) is 15.4 Å². The first-order valence-corrected chi connectivity index (χ1v) is 11.9. The summed E-state index contributed by atoms with van der Waals surface area (Å²) in [5.74, 6) is -0.178. The van der Waals surface area contributed by atoms with E-state index in [1.165, 1.54) is 17.6 Å². The van der Waals surface area contributed by atoms with E-state index in [1.54, 1.807) is 28.1 Å². The van der Waals surface area contributed by atoms with Crippen molar-refractivity contribution in [1.29, 1.82) is 0 Å². The van der Waals surface area contributed by atoms with Gasteiger partial charge >= 0.3 is 5.97 Å². The predicted octanol–water partition coefficient (Wildman–Crippen LogP) is 2.31. The first-order chi connectivity index (χ1) is 16.2. The molecule has 0 saturated carbocycles. The molecule has 0 aliphatic carbocycles. The molecule has 2 aromatic rings. The molecule has 1 aliphatic heterocycles. The normalized spacial score (nSPS) is 14.5. The summed E-state index contributed by atoms with van der Waals surface area (Å²) in [4.78, 5) is 43.9. The summed E-state index contributed by atoms with van der Waals surface area (Å²) < 4.78 is 10.2. The highest BCUT2D eigenvalue weighted by molar-refractivity contribution is 7.18. The number of thiophene rings is 1. The second kappa shape index (κ2) is 11.5. The van der Waals surface area contributed by atoms with Crippen molar-refractivity contribution in [3.8, 4) is 5.75 Å². The molecule has 184 valence electrons. The largest absolute Gasteiger partial charge is 0.497 e. The second-order valence-electron chi connectivity index (χ2n) is 8.40. The van der Waals surface area contributed by atoms with E-state index in [4.69, 9.17) is 9.47 Å². The third-order valence-corrected chi connectivity index (χ3v) is 6.96. The van der Waals surface area contributed by atoms with E-state index in [9.17, 15) is 14.4 Å². The molecular formula is C24H32N4O5S. The standard InChI is InChI=1S/C24H32N4O5S/c1-16-20(24(31)33-5)22(34-21(16)23(30)26(2)3)25-19(29)15-28-11-9-27(10-12-28)14-17-7-6-8-18(13-17)32-4/h6-8,13H,9-12,14-15H2,1-5H3,(H,25,29). The fraction of sp³-hybridized carbons (Fsp3) is 0.458. The van der Waals surface area contributed by atoms with Crippen molar-refractivity contribution in [2.24, 2.45) is 0 Å². The SMILES string of the molecule is COC(=O)c1c(NC(=O)CN2CCN(Cc3cccc(OC)c3)CC2)sc(C(=O)N(C)C)c1C. The van der Waals surface area contributed by atoms with Gasteiger partial charge in [-0.2, -0.15) is 0 Å². The maximum Gasteiger partial charge on any atom is 0.341 e. The third kappa shape index (κ3) is 6.13. The molecule has 1 N–H and O–H groups in total. The van der Waals surface area contributed by atoms with Crippen LogP contribution in [-0.4, -0.2) is 93.5 Å². The Kier molecular flexibility index (Phi) is 8.65. The summed E-state index contributed by atoms with van der Waals surface area (Å²) >= 11 is 1.10. The van der Waals surface area contributed by atoms with Gasteiger partial charge in [0.2, 0.25) is 5.91 Å². The van der Waals surface area contributed by atoms with Crippen LogP contribution in [0.4, 0.5) is 5.00 Å². The van der Waals surface area contributed by atoms with E-state index >= 15 is 0 Å². The third-order valence-electron chi connectivity index (χ3n) is 5.76. The summed E-state index contributed by atoms with van der Waals surface area (Å²) in [6, 6.07) is 8.04. The maximum atomic E-state index is 12.8. The number of anilines is 1. The molecule has 10 heteroatoms. The minimum Gasteiger partial charge on any atom is -0.497 e. The Morgan fingerprint density at radius 2 is 1.76 bits per heavy atom. The van der Waals surface area contributed by atoms with Crippen LogP contribution in [0.5, 0.6) is 5.75 Å². The van der Waals surface area contributed by atoms with Crippen molar-refractivity contribution in [2.75, 3.05) is 66.4 Å². The molecule has 34 heavy (non-hydrogen) atoms. The molecular weight excluding hydrogens is 456 g/mol. The number of ether oxygens (including phenoxy) is 2. The first kappa shape index (κ1) is 25.7. The van der Waals surface area contributed by atoms with Gasteiger partial charge in [-0.3, -0.25) is 19.4 Å². The zero-order valence-electron chi connectivity index (χ0n) is 20.3. The quantitative estimate of drug-likeness (QED) is 0.570. The number of hydrogen-bond acceptors (Lipinski definition) is 8. The average Bonchev–Trinajstić information content (AvgIpc) is 3.14. The van der Waals surface area contributed by atoms with Crippen LogP contribution in [0.2, 0.25) is 0 Å². The molecule has 2 amide bonds. The Bertz CT molecular complexity index is 1040. The number of carbonyl (C=O) groups is 3. The van der Waals surface area contributed by atoms with Crippen molar-refractivity contribution < 1.29 is 23.9 Å². The van der Waals surface area contributed by atoms with Crippen molar-refractivity contribution in [1.82, 2.24) is 14.7 Å². The Balaban J connectivity index is 1.59. The van der Waals surface area contributed by atoms with Gasteiger partial charge in [0.15, 0.2) is 0 Å². The lowest BCUT2D eigenvalue weighted by molar-refractivity contribution is -0.117. The lowest BCUT2D eigenvalue weighted by Gasteiger charge is -2.34. The predicted molar refractivity (Wildman–Crippen MR) is 132 cm³/mol. The zero-order chi connectivity index (χ0) is 24.8. The molecule has 0 spiro atoms. The molecule has 2 heterocycles. The van der Waals surface area contributed by atoms with Crippen LogP contribution >= 0.6 is 11.3 Å². The van der Waals surface area contributed by atoms with Crippen molar-refractivity contribution in [2.45, 2.75) is 13.5 Å². The molecule has 0 bridgehead atoms. The number of carbonyl (C=O) groups excluding carboxylic acids is 3. The zero-order valence-corrected chi connectivity index (χ0v) is 21.2. The Labute approximate surface area is 204 Å². The highest BCUT2D eigenvalue weighted by Crippen LogP contribution is 2.34. The minimum atomic E-state index is -0.576. The Hall–Kier alpha value is -2.95. The van der Waals surface area contributed by atoms with Gasteiger partial charge in [-0.05, 0) is 30.2 Å². The number of amides is 2. The number of piperazine rings is 1. The molecule has 1 aromatic heterocycles. The summed E-state index contributed by atoms with van der Waals surface area (Å²) in [6.45, 7) is 5.94. The van der Waals surface area contributed by atoms with Crippen LogP contribution in [0.25, 0.3) is 0 Å². The van der Waals surface area contributed by atoms with E-state index < -0.39 is 5.97 Å². The van der Waals surface area contributed by atoms with Crippen molar-refractivity contribution in [3.05, 3.63) is 45.8 Å². The average molecular weight is 489 g/mol.